The van der Waals surface area contributed by atoms with E-state index in [1.165, 1.54) is 11.1 Å². The Bertz CT molecular complexity index is 764. The van der Waals surface area contributed by atoms with Gasteiger partial charge >= 0.3 is 0 Å². The van der Waals surface area contributed by atoms with E-state index in [1.807, 2.05) is 26.8 Å². The molecule has 24 heavy (non-hydrogen) atoms. The molecule has 2 aromatic rings. The summed E-state index contributed by atoms with van der Waals surface area (Å²) in [6.07, 6.45) is 0.914. The van der Waals surface area contributed by atoms with Crippen molar-refractivity contribution in [3.8, 4) is 11.3 Å². The van der Waals surface area contributed by atoms with Gasteiger partial charge in [-0.1, -0.05) is 17.2 Å². The number of aromatic nitrogens is 2. The first-order valence-corrected chi connectivity index (χ1v) is 8.08. The molecule has 2 heterocycles. The van der Waals surface area contributed by atoms with Gasteiger partial charge in [0, 0.05) is 24.6 Å². The van der Waals surface area contributed by atoms with E-state index in [2.05, 4.69) is 39.0 Å². The van der Waals surface area contributed by atoms with Crippen LogP contribution in [0.4, 0.5) is 5.82 Å². The quantitative estimate of drug-likeness (QED) is 0.810. The first-order chi connectivity index (χ1) is 11.4. The van der Waals surface area contributed by atoms with Crippen molar-refractivity contribution in [2.75, 3.05) is 11.9 Å². The number of nitrogens with one attached hydrogen (secondary N) is 3. The highest BCUT2D eigenvalue weighted by molar-refractivity contribution is 5.96. The minimum absolute atomic E-state index is 0.00264. The Labute approximate surface area is 141 Å². The number of aryl methyl sites for hydroxylation is 2. The molecule has 1 atom stereocenters. The van der Waals surface area contributed by atoms with Gasteiger partial charge in [0.05, 0.1) is 11.1 Å². The van der Waals surface area contributed by atoms with Crippen molar-refractivity contribution in [1.82, 2.24) is 15.5 Å². The number of carbonyl (C=O) groups excluding carboxylic acids is 2. The summed E-state index contributed by atoms with van der Waals surface area (Å²) < 4.78 is 0. The molecule has 0 radical (unpaired) electrons. The number of H-pyrrole nitrogens is 1. The number of carbonyl (C=O) groups is 2. The summed E-state index contributed by atoms with van der Waals surface area (Å²) in [6, 6.07) is 8.09. The van der Waals surface area contributed by atoms with E-state index in [1.54, 1.807) is 0 Å². The molecule has 1 aliphatic heterocycles. The molecule has 1 aromatic heterocycles. The number of rotatable bonds is 3. The number of aromatic amines is 1. The maximum absolute atomic E-state index is 12.5. The van der Waals surface area contributed by atoms with Gasteiger partial charge < -0.3 is 10.6 Å². The maximum atomic E-state index is 12.5. The third-order valence-electron chi connectivity index (χ3n) is 4.48. The van der Waals surface area contributed by atoms with Crippen molar-refractivity contribution in [2.24, 2.45) is 5.41 Å². The molecular weight excluding hydrogens is 304 g/mol. The second-order valence-electron chi connectivity index (χ2n) is 6.83. The fourth-order valence-corrected chi connectivity index (χ4v) is 2.98. The van der Waals surface area contributed by atoms with Gasteiger partial charge in [-0.3, -0.25) is 14.7 Å². The number of piperidine rings is 1. The number of benzene rings is 1. The van der Waals surface area contributed by atoms with E-state index in [0.29, 0.717) is 25.2 Å². The minimum atomic E-state index is -0.604. The van der Waals surface area contributed by atoms with Gasteiger partial charge in [0.15, 0.2) is 5.82 Å². The molecule has 3 rings (SSSR count). The van der Waals surface area contributed by atoms with Crippen LogP contribution in [0.15, 0.2) is 24.3 Å². The van der Waals surface area contributed by atoms with Crippen LogP contribution in [0, 0.1) is 19.3 Å². The lowest BCUT2D eigenvalue weighted by Gasteiger charge is -2.31. The summed E-state index contributed by atoms with van der Waals surface area (Å²) in [7, 11) is 0. The second kappa shape index (κ2) is 6.11. The molecule has 126 valence electrons. The summed E-state index contributed by atoms with van der Waals surface area (Å²) in [6.45, 7) is 6.31. The summed E-state index contributed by atoms with van der Waals surface area (Å²) in [5, 5.41) is 12.8. The summed E-state index contributed by atoms with van der Waals surface area (Å²) in [5.74, 6) is 0.366. The number of hydrogen-bond acceptors (Lipinski definition) is 3. The molecule has 0 aliphatic carbocycles. The molecule has 0 spiro atoms. The Hall–Kier alpha value is -2.63. The normalized spacial score (nSPS) is 20.5. The fraction of sp³-hybridized carbons (Fsp3) is 0.389. The molecule has 3 N–H and O–H groups in total. The zero-order chi connectivity index (χ0) is 17.3. The molecule has 1 saturated heterocycles. The van der Waals surface area contributed by atoms with E-state index in [4.69, 9.17) is 0 Å². The molecular formula is C18H22N4O2. The smallest absolute Gasteiger partial charge is 0.233 e. The SMILES string of the molecule is Cc1cc(C)cc(-c2cc(NC(=O)C3(C)CCC(=O)NC3)n[nH]2)c1. The average molecular weight is 326 g/mol. The van der Waals surface area contributed by atoms with Crippen LogP contribution in [0.25, 0.3) is 11.3 Å². The first kappa shape index (κ1) is 16.2. The average Bonchev–Trinajstić information content (AvgIpc) is 2.98. The Morgan fingerprint density at radius 1 is 1.21 bits per heavy atom. The highest BCUT2D eigenvalue weighted by Gasteiger charge is 2.37. The van der Waals surface area contributed by atoms with E-state index in [9.17, 15) is 9.59 Å². The van der Waals surface area contributed by atoms with Crippen LogP contribution in [0.5, 0.6) is 0 Å². The fourth-order valence-electron chi connectivity index (χ4n) is 2.98. The summed E-state index contributed by atoms with van der Waals surface area (Å²) >= 11 is 0. The Kier molecular flexibility index (Phi) is 4.13. The Balaban J connectivity index is 1.74. The van der Waals surface area contributed by atoms with Crippen molar-refractivity contribution in [3.05, 3.63) is 35.4 Å². The zero-order valence-corrected chi connectivity index (χ0v) is 14.2. The molecule has 1 fully saturated rings. The topological polar surface area (TPSA) is 86.9 Å². The van der Waals surface area contributed by atoms with Crippen LogP contribution in [0.1, 0.15) is 30.9 Å². The number of amides is 2. The maximum Gasteiger partial charge on any atom is 0.233 e. The third kappa shape index (κ3) is 3.32. The van der Waals surface area contributed by atoms with Crippen LogP contribution in [-0.2, 0) is 9.59 Å². The summed E-state index contributed by atoms with van der Waals surface area (Å²) in [4.78, 5) is 23.8. The van der Waals surface area contributed by atoms with Crippen LogP contribution < -0.4 is 10.6 Å². The first-order valence-electron chi connectivity index (χ1n) is 8.08. The van der Waals surface area contributed by atoms with Gasteiger partial charge in [0.1, 0.15) is 0 Å². The Morgan fingerprint density at radius 3 is 2.54 bits per heavy atom. The van der Waals surface area contributed by atoms with Crippen molar-refractivity contribution in [3.63, 3.8) is 0 Å². The lowest BCUT2D eigenvalue weighted by molar-refractivity contribution is -0.130. The molecule has 6 nitrogen and oxygen atoms in total. The molecule has 1 aliphatic rings. The van der Waals surface area contributed by atoms with E-state index >= 15 is 0 Å². The highest BCUT2D eigenvalue weighted by atomic mass is 16.2. The van der Waals surface area contributed by atoms with Gasteiger partial charge in [-0.05, 0) is 39.3 Å². The zero-order valence-electron chi connectivity index (χ0n) is 14.2. The molecule has 0 bridgehead atoms. The molecule has 1 unspecified atom stereocenters. The van der Waals surface area contributed by atoms with E-state index in [-0.39, 0.29) is 11.8 Å². The molecule has 6 heteroatoms. The van der Waals surface area contributed by atoms with Gasteiger partial charge in [0.25, 0.3) is 0 Å². The minimum Gasteiger partial charge on any atom is -0.355 e. The third-order valence-corrected chi connectivity index (χ3v) is 4.48. The lowest BCUT2D eigenvalue weighted by atomic mass is 9.81. The van der Waals surface area contributed by atoms with Crippen molar-refractivity contribution >= 4 is 17.6 Å². The highest BCUT2D eigenvalue weighted by Crippen LogP contribution is 2.28. The van der Waals surface area contributed by atoms with Crippen molar-refractivity contribution < 1.29 is 9.59 Å². The lowest BCUT2D eigenvalue weighted by Crippen LogP contribution is -2.48. The largest absolute Gasteiger partial charge is 0.355 e. The monoisotopic (exact) mass is 326 g/mol. The van der Waals surface area contributed by atoms with E-state index in [0.717, 1.165) is 11.3 Å². The van der Waals surface area contributed by atoms with Crippen LogP contribution in [0.2, 0.25) is 0 Å². The molecule has 2 amide bonds. The van der Waals surface area contributed by atoms with Crippen molar-refractivity contribution in [1.29, 1.82) is 0 Å². The van der Waals surface area contributed by atoms with Gasteiger partial charge in [0.2, 0.25) is 11.8 Å². The standard InChI is InChI=1S/C18H22N4O2/c1-11-6-12(2)8-13(7-11)14-9-15(22-21-14)20-17(24)18(3)5-4-16(23)19-10-18/h6-9H,4-5,10H2,1-3H3,(H,19,23)(H2,20,21,22,24). The van der Waals surface area contributed by atoms with Gasteiger partial charge in [-0.25, -0.2) is 0 Å². The summed E-state index contributed by atoms with van der Waals surface area (Å²) in [5.41, 5.74) is 3.65. The number of nitrogens with zero attached hydrogens (tertiary/aromatic N) is 1. The van der Waals surface area contributed by atoms with Crippen LogP contribution in [0.3, 0.4) is 0 Å². The molecule has 1 aromatic carbocycles. The predicted octanol–water partition coefficient (Wildman–Crippen LogP) is 2.55. The number of anilines is 1. The predicted molar refractivity (Wildman–Crippen MR) is 92.5 cm³/mol. The Morgan fingerprint density at radius 2 is 1.92 bits per heavy atom. The van der Waals surface area contributed by atoms with Gasteiger partial charge in [-0.15, -0.1) is 0 Å². The number of hydrogen-bond donors (Lipinski definition) is 3. The van der Waals surface area contributed by atoms with Crippen molar-refractivity contribution in [2.45, 2.75) is 33.6 Å². The van der Waals surface area contributed by atoms with E-state index < -0.39 is 5.41 Å². The second-order valence-corrected chi connectivity index (χ2v) is 6.83. The van der Waals surface area contributed by atoms with Crippen LogP contribution in [-0.4, -0.2) is 28.6 Å². The molecule has 0 saturated carbocycles. The van der Waals surface area contributed by atoms with Gasteiger partial charge in [-0.2, -0.15) is 5.10 Å². The van der Waals surface area contributed by atoms with Crippen LogP contribution >= 0.6 is 0 Å².